The predicted octanol–water partition coefficient (Wildman–Crippen LogP) is 24.5. The molecule has 118 heavy (non-hydrogen) atoms. The van der Waals surface area contributed by atoms with Gasteiger partial charge >= 0.3 is 5.97 Å². The first-order chi connectivity index (χ1) is 57.5. The number of carboxylic acid groups (broad SMARTS) is 1. The Morgan fingerprint density at radius 3 is 1.21 bits per heavy atom. The maximum Gasteiger partial charge on any atom is 0.335 e. The van der Waals surface area contributed by atoms with Gasteiger partial charge in [0, 0.05) is 18.2 Å². The molecular weight excluding hydrogens is 1450 g/mol. The lowest BCUT2D eigenvalue weighted by Crippen LogP contribution is -2.15. The fourth-order valence-electron chi connectivity index (χ4n) is 17.9. The molecular formula is C109H116O9. The molecule has 0 aliphatic heterocycles. The Balaban J connectivity index is 0.000000136. The Labute approximate surface area is 701 Å². The summed E-state index contributed by atoms with van der Waals surface area (Å²) in [6.07, 6.45) is 25.2. The van der Waals surface area contributed by atoms with Crippen molar-refractivity contribution in [2.75, 3.05) is 49.8 Å². The van der Waals surface area contributed by atoms with Crippen molar-refractivity contribution in [2.45, 2.75) is 162 Å². The van der Waals surface area contributed by atoms with E-state index in [0.717, 1.165) is 142 Å². The van der Waals surface area contributed by atoms with Crippen LogP contribution in [0.4, 0.5) is 0 Å². The first-order valence-corrected chi connectivity index (χ1v) is 42.1. The topological polar surface area (TPSA) is 102 Å². The fraction of sp³-hybridized carbons (Fsp3) is 0.294. The van der Waals surface area contributed by atoms with Crippen molar-refractivity contribution in [1.82, 2.24) is 0 Å². The minimum Gasteiger partial charge on any atom is -0.497 e. The first kappa shape index (κ1) is 84.1. The van der Waals surface area contributed by atoms with E-state index in [1.54, 1.807) is 67.5 Å². The molecule has 16 rings (SSSR count). The monoisotopic (exact) mass is 1570 g/mol. The average Bonchev–Trinajstić information content (AvgIpc) is 1.15. The van der Waals surface area contributed by atoms with E-state index in [-0.39, 0.29) is 0 Å². The predicted molar refractivity (Wildman–Crippen MR) is 484 cm³/mol. The zero-order chi connectivity index (χ0) is 82.4. The van der Waals surface area contributed by atoms with E-state index in [1.165, 1.54) is 159 Å². The number of aryl methyl sites for hydroxylation is 15. The molecule has 0 saturated carbocycles. The normalized spacial score (nSPS) is 14.3. The van der Waals surface area contributed by atoms with Crippen molar-refractivity contribution in [3.63, 3.8) is 0 Å². The Hall–Kier alpha value is -11.8. The highest BCUT2D eigenvalue weighted by Gasteiger charge is 2.28. The molecule has 0 bridgehead atoms. The summed E-state index contributed by atoms with van der Waals surface area (Å²) in [7, 11) is 12.0. The van der Waals surface area contributed by atoms with Gasteiger partial charge in [-0.1, -0.05) is 193 Å². The number of ether oxygens (including phenoxy) is 7. The molecule has 4 aliphatic rings. The van der Waals surface area contributed by atoms with Crippen LogP contribution in [0.5, 0.6) is 40.2 Å². The van der Waals surface area contributed by atoms with E-state index in [9.17, 15) is 4.79 Å². The molecule has 9 nitrogen and oxygen atoms in total. The smallest absolute Gasteiger partial charge is 0.335 e. The third-order valence-electron chi connectivity index (χ3n) is 24.0. The van der Waals surface area contributed by atoms with Crippen molar-refractivity contribution in [2.24, 2.45) is 0 Å². The van der Waals surface area contributed by atoms with Crippen molar-refractivity contribution in [1.29, 1.82) is 0 Å². The highest BCUT2D eigenvalue weighted by molar-refractivity contribution is 5.88. The number of hydrogen-bond donors (Lipinski definition) is 1. The largest absolute Gasteiger partial charge is 0.497 e. The van der Waals surface area contributed by atoms with Crippen LogP contribution in [0, 0.1) is 27.7 Å². The number of hydrogen-bond acceptors (Lipinski definition) is 8. The lowest BCUT2D eigenvalue weighted by Gasteiger charge is -2.29. The second kappa shape index (κ2) is 40.9. The summed E-state index contributed by atoms with van der Waals surface area (Å²) >= 11 is 0. The highest BCUT2D eigenvalue weighted by atomic mass is 16.5. The summed E-state index contributed by atoms with van der Waals surface area (Å²) in [5, 5.41) is 9.11. The second-order valence-electron chi connectivity index (χ2n) is 32.3. The summed E-state index contributed by atoms with van der Waals surface area (Å²) in [6, 6.07) is 86.2. The van der Waals surface area contributed by atoms with Gasteiger partial charge < -0.3 is 38.3 Å². The van der Waals surface area contributed by atoms with Gasteiger partial charge in [-0.05, 0) is 350 Å². The summed E-state index contributed by atoms with van der Waals surface area (Å²) in [6.45, 7) is 8.55. The minimum atomic E-state index is -0.876. The molecule has 0 saturated heterocycles. The molecule has 0 spiro atoms. The van der Waals surface area contributed by atoms with Gasteiger partial charge in [0.1, 0.15) is 40.2 Å². The molecule has 2 atom stereocenters. The van der Waals surface area contributed by atoms with E-state index >= 15 is 0 Å². The van der Waals surface area contributed by atoms with Gasteiger partial charge in [0.25, 0.3) is 0 Å². The van der Waals surface area contributed by atoms with E-state index in [1.807, 2.05) is 30.3 Å². The van der Waals surface area contributed by atoms with Crippen LogP contribution in [0.25, 0.3) is 17.2 Å². The number of fused-ring (bicyclic) bond motifs is 4. The quantitative estimate of drug-likeness (QED) is 0.0539. The number of allylic oxidation sites excluding steroid dienone is 3. The van der Waals surface area contributed by atoms with E-state index in [4.69, 9.17) is 38.3 Å². The number of methoxy groups -OCH3 is 7. The van der Waals surface area contributed by atoms with Gasteiger partial charge in [-0.15, -0.1) is 0 Å². The van der Waals surface area contributed by atoms with Gasteiger partial charge in [-0.2, -0.15) is 0 Å². The molecule has 12 aromatic rings. The van der Waals surface area contributed by atoms with Gasteiger partial charge in [0.05, 0.1) is 55.3 Å². The summed E-state index contributed by atoms with van der Waals surface area (Å²) in [4.78, 5) is 11.1. The number of carbonyl (C=O) groups is 1. The van der Waals surface area contributed by atoms with Crippen LogP contribution >= 0.6 is 0 Å². The molecule has 606 valence electrons. The Kier molecular flexibility index (Phi) is 29.1. The van der Waals surface area contributed by atoms with E-state index in [0.29, 0.717) is 17.4 Å². The molecule has 12 aromatic carbocycles. The van der Waals surface area contributed by atoms with Crippen LogP contribution in [0.1, 0.15) is 181 Å². The molecule has 9 heteroatoms. The van der Waals surface area contributed by atoms with Crippen molar-refractivity contribution < 1.29 is 43.1 Å². The van der Waals surface area contributed by atoms with Crippen LogP contribution in [0.15, 0.2) is 249 Å². The van der Waals surface area contributed by atoms with Crippen LogP contribution in [0.2, 0.25) is 0 Å². The zero-order valence-electron chi connectivity index (χ0n) is 71.1. The third-order valence-corrected chi connectivity index (χ3v) is 24.0. The first-order valence-electron chi connectivity index (χ1n) is 42.1. The third kappa shape index (κ3) is 22.3. The Bertz CT molecular complexity index is 5380. The van der Waals surface area contributed by atoms with E-state index in [2.05, 4.69) is 240 Å². The molecule has 2 unspecified atom stereocenters. The number of benzene rings is 12. The fourth-order valence-corrected chi connectivity index (χ4v) is 17.9. The van der Waals surface area contributed by atoms with Gasteiger partial charge in [0.15, 0.2) is 0 Å². The zero-order valence-corrected chi connectivity index (χ0v) is 71.1. The molecule has 0 amide bonds. The maximum atomic E-state index is 11.1. The van der Waals surface area contributed by atoms with E-state index < -0.39 is 5.97 Å². The lowest BCUT2D eigenvalue weighted by atomic mass is 9.76. The van der Waals surface area contributed by atoms with Crippen molar-refractivity contribution >= 4 is 23.2 Å². The molecule has 0 radical (unpaired) electrons. The molecule has 0 fully saturated rings. The standard InChI is InChI=1S/C28H30O3.C27H30O2.2C27H28O2/c1-19-15-21(18-26(16-19)31-2)17-25-8-4-6-22-5-3-7-23(27(22)25)12-9-20-10-13-24(14-11-20)28(29)30;3*1-19-7-9-20(10-8-19)11-12-22-5-4-6-23-13-14-24(27(22)23)15-21-16-25(28-2)18-26(17-21)29-3/h3,5,7,10-11,13-16,18,25H,4,6,8-9,12,17H2,1-2H3,(H,29,30);4-10,16-18,24H,11-15H2,1-3H3;4-10,15-18H,11-14H2,1-3H3;4-10,14,16-18H,11-13,15H2,1-3H3/b;;24-15+;. The van der Waals surface area contributed by atoms with Crippen molar-refractivity contribution in [3.05, 3.63) is 388 Å². The molecule has 4 aliphatic carbocycles. The van der Waals surface area contributed by atoms with Crippen molar-refractivity contribution in [3.8, 4) is 40.2 Å². The summed E-state index contributed by atoms with van der Waals surface area (Å²) in [5.74, 6) is 6.21. The Morgan fingerprint density at radius 1 is 0.347 bits per heavy atom. The minimum absolute atomic E-state index is 0.342. The lowest BCUT2D eigenvalue weighted by molar-refractivity contribution is 0.0696. The Morgan fingerprint density at radius 2 is 0.737 bits per heavy atom. The molecule has 1 N–H and O–H groups in total. The van der Waals surface area contributed by atoms with Crippen LogP contribution in [-0.4, -0.2) is 60.8 Å². The molecule has 0 aromatic heterocycles. The SMILES string of the molecule is COc1cc(/C=C2\CCc3cccc(CCc4ccc(C)cc4)c32)cc(OC)c1.COc1cc(C)cc(CC2CCCc3cccc(CCc4ccc(C(=O)O)cc4)c32)c1.COc1cc(CC2=CCc3cccc(CCc4ccc(C)cc4)c32)cc(OC)c1.COc1cc(CC2CCc3cccc(CCc4ccc(C)cc4)c32)cc(OC)c1. The second-order valence-corrected chi connectivity index (χ2v) is 32.3. The van der Waals surface area contributed by atoms with Crippen LogP contribution < -0.4 is 33.2 Å². The van der Waals surface area contributed by atoms with Gasteiger partial charge in [-0.3, -0.25) is 0 Å². The average molecular weight is 1570 g/mol. The maximum absolute atomic E-state index is 11.1. The molecule has 0 heterocycles. The van der Waals surface area contributed by atoms with Crippen LogP contribution in [0.3, 0.4) is 0 Å². The number of aromatic carboxylic acids is 1. The van der Waals surface area contributed by atoms with Crippen LogP contribution in [-0.2, 0) is 96.3 Å². The van der Waals surface area contributed by atoms with Gasteiger partial charge in [0.2, 0.25) is 0 Å². The summed E-state index contributed by atoms with van der Waals surface area (Å²) < 4.78 is 38.2. The number of rotatable bonds is 27. The highest BCUT2D eigenvalue weighted by Crippen LogP contribution is 2.43. The van der Waals surface area contributed by atoms with Gasteiger partial charge in [-0.25, -0.2) is 4.79 Å². The summed E-state index contributed by atoms with van der Waals surface area (Å²) in [5.41, 5.74) is 36.5. The number of carboxylic acids is 1.